The lowest BCUT2D eigenvalue weighted by molar-refractivity contribution is -0.141. The predicted octanol–water partition coefficient (Wildman–Crippen LogP) is 3.68. The average molecular weight is 339 g/mol. The first-order valence-electron chi connectivity index (χ1n) is 8.14. The minimum Gasteiger partial charge on any atom is -0.341 e. The maximum atomic E-state index is 13.3. The fourth-order valence-electron chi connectivity index (χ4n) is 2.88. The third-order valence-corrected chi connectivity index (χ3v) is 4.19. The fourth-order valence-corrected chi connectivity index (χ4v) is 2.88. The standard InChI is InChI=1S/C16H20F3N5/c1-3-24-10-12(11(2)22-24)13-9-14(16(17,18)19)21-15(20-13)23-7-5-4-6-8-23/h9-10H,3-8H2,1-2H3. The van der Waals surface area contributed by atoms with Gasteiger partial charge < -0.3 is 4.90 Å². The van der Waals surface area contributed by atoms with Crippen LogP contribution in [-0.4, -0.2) is 32.8 Å². The molecule has 1 aliphatic rings. The predicted molar refractivity (Wildman–Crippen MR) is 84.7 cm³/mol. The van der Waals surface area contributed by atoms with Crippen LogP contribution in [0.1, 0.15) is 37.6 Å². The second-order valence-corrected chi connectivity index (χ2v) is 5.97. The molecule has 2 aromatic heterocycles. The monoisotopic (exact) mass is 339 g/mol. The molecule has 1 saturated heterocycles. The van der Waals surface area contributed by atoms with Gasteiger partial charge in [-0.3, -0.25) is 4.68 Å². The molecular weight excluding hydrogens is 319 g/mol. The number of hydrogen-bond donors (Lipinski definition) is 0. The Morgan fingerprint density at radius 1 is 1.12 bits per heavy atom. The lowest BCUT2D eigenvalue weighted by Crippen LogP contribution is -2.31. The van der Waals surface area contributed by atoms with E-state index >= 15 is 0 Å². The van der Waals surface area contributed by atoms with E-state index in [1.807, 2.05) is 11.8 Å². The van der Waals surface area contributed by atoms with Gasteiger partial charge in [0.2, 0.25) is 5.95 Å². The summed E-state index contributed by atoms with van der Waals surface area (Å²) in [4.78, 5) is 10.0. The largest absolute Gasteiger partial charge is 0.433 e. The Hall–Kier alpha value is -2.12. The molecule has 0 radical (unpaired) electrons. The third kappa shape index (κ3) is 3.37. The van der Waals surface area contributed by atoms with Crippen LogP contribution in [-0.2, 0) is 12.7 Å². The van der Waals surface area contributed by atoms with Crippen molar-refractivity contribution in [1.82, 2.24) is 19.7 Å². The molecule has 0 bridgehead atoms. The van der Waals surface area contributed by atoms with Crippen LogP contribution in [0.15, 0.2) is 12.3 Å². The van der Waals surface area contributed by atoms with E-state index in [4.69, 9.17) is 0 Å². The number of alkyl halides is 3. The quantitative estimate of drug-likeness (QED) is 0.856. The van der Waals surface area contributed by atoms with Gasteiger partial charge in [-0.2, -0.15) is 18.3 Å². The van der Waals surface area contributed by atoms with Gasteiger partial charge in [-0.15, -0.1) is 0 Å². The van der Waals surface area contributed by atoms with E-state index in [0.717, 1.165) is 25.3 Å². The molecule has 24 heavy (non-hydrogen) atoms. The number of anilines is 1. The van der Waals surface area contributed by atoms with E-state index in [9.17, 15) is 13.2 Å². The zero-order valence-corrected chi connectivity index (χ0v) is 13.8. The number of aromatic nitrogens is 4. The number of hydrogen-bond acceptors (Lipinski definition) is 4. The van der Waals surface area contributed by atoms with Crippen LogP contribution >= 0.6 is 0 Å². The normalized spacial score (nSPS) is 15.8. The first-order valence-corrected chi connectivity index (χ1v) is 8.14. The summed E-state index contributed by atoms with van der Waals surface area (Å²) in [6.07, 6.45) is 0.211. The summed E-state index contributed by atoms with van der Waals surface area (Å²) in [5.41, 5.74) is 0.642. The number of rotatable bonds is 3. The molecule has 0 N–H and O–H groups in total. The summed E-state index contributed by atoms with van der Waals surface area (Å²) in [7, 11) is 0. The maximum absolute atomic E-state index is 13.3. The topological polar surface area (TPSA) is 46.8 Å². The molecule has 0 unspecified atom stereocenters. The van der Waals surface area contributed by atoms with E-state index < -0.39 is 11.9 Å². The Morgan fingerprint density at radius 2 is 1.83 bits per heavy atom. The van der Waals surface area contributed by atoms with Crippen molar-refractivity contribution in [2.75, 3.05) is 18.0 Å². The second-order valence-electron chi connectivity index (χ2n) is 5.97. The number of aryl methyl sites for hydroxylation is 2. The van der Waals surface area contributed by atoms with E-state index in [-0.39, 0.29) is 11.6 Å². The number of nitrogens with zero attached hydrogens (tertiary/aromatic N) is 5. The van der Waals surface area contributed by atoms with Crippen molar-refractivity contribution in [2.45, 2.75) is 45.8 Å². The van der Waals surface area contributed by atoms with E-state index in [1.54, 1.807) is 17.8 Å². The van der Waals surface area contributed by atoms with Gasteiger partial charge in [0.1, 0.15) is 0 Å². The molecule has 0 spiro atoms. The van der Waals surface area contributed by atoms with Crippen molar-refractivity contribution < 1.29 is 13.2 Å². The molecule has 5 nitrogen and oxygen atoms in total. The highest BCUT2D eigenvalue weighted by Gasteiger charge is 2.34. The smallest absolute Gasteiger partial charge is 0.341 e. The lowest BCUT2D eigenvalue weighted by atomic mass is 10.1. The highest BCUT2D eigenvalue weighted by Crippen LogP contribution is 2.33. The van der Waals surface area contributed by atoms with Gasteiger partial charge in [0.25, 0.3) is 0 Å². The molecule has 0 aliphatic carbocycles. The zero-order valence-electron chi connectivity index (χ0n) is 13.8. The van der Waals surface area contributed by atoms with Crippen LogP contribution < -0.4 is 4.90 Å². The van der Waals surface area contributed by atoms with Gasteiger partial charge in [0, 0.05) is 31.4 Å². The molecule has 130 valence electrons. The molecule has 0 aromatic carbocycles. The molecule has 2 aromatic rings. The minimum absolute atomic E-state index is 0.156. The van der Waals surface area contributed by atoms with Gasteiger partial charge >= 0.3 is 6.18 Å². The van der Waals surface area contributed by atoms with Gasteiger partial charge in [-0.1, -0.05) is 0 Å². The summed E-state index contributed by atoms with van der Waals surface area (Å²) >= 11 is 0. The van der Waals surface area contributed by atoms with E-state index in [1.165, 1.54) is 0 Å². The average Bonchev–Trinajstić information content (AvgIpc) is 2.95. The first-order chi connectivity index (χ1) is 11.4. The summed E-state index contributed by atoms with van der Waals surface area (Å²) in [6, 6.07) is 1.01. The van der Waals surface area contributed by atoms with Crippen molar-refractivity contribution in [3.63, 3.8) is 0 Å². The van der Waals surface area contributed by atoms with Gasteiger partial charge in [-0.05, 0) is 39.2 Å². The molecule has 0 saturated carbocycles. The zero-order chi connectivity index (χ0) is 17.3. The Kier molecular flexibility index (Phi) is 4.47. The lowest BCUT2D eigenvalue weighted by Gasteiger charge is -2.27. The third-order valence-electron chi connectivity index (χ3n) is 4.19. The minimum atomic E-state index is -4.50. The van der Waals surface area contributed by atoms with Crippen molar-refractivity contribution in [1.29, 1.82) is 0 Å². The Labute approximate surface area is 138 Å². The van der Waals surface area contributed by atoms with Gasteiger partial charge in [-0.25, -0.2) is 9.97 Å². The Bertz CT molecular complexity index is 717. The van der Waals surface area contributed by atoms with Crippen LogP contribution in [0.3, 0.4) is 0 Å². The summed E-state index contributed by atoms with van der Waals surface area (Å²) in [6.45, 7) is 5.73. The van der Waals surface area contributed by atoms with Crippen molar-refractivity contribution in [3.8, 4) is 11.3 Å². The van der Waals surface area contributed by atoms with Crippen molar-refractivity contribution in [3.05, 3.63) is 23.7 Å². The molecule has 0 atom stereocenters. The van der Waals surface area contributed by atoms with Crippen LogP contribution in [0.25, 0.3) is 11.3 Å². The second kappa shape index (κ2) is 6.41. The first kappa shape index (κ1) is 16.7. The van der Waals surface area contributed by atoms with Gasteiger partial charge in [0.05, 0.1) is 11.4 Å². The molecule has 8 heteroatoms. The van der Waals surface area contributed by atoms with E-state index in [0.29, 0.717) is 30.9 Å². The molecular formula is C16H20F3N5. The molecule has 1 aliphatic heterocycles. The van der Waals surface area contributed by atoms with Crippen LogP contribution in [0, 0.1) is 6.92 Å². The molecule has 0 amide bonds. The van der Waals surface area contributed by atoms with Crippen LogP contribution in [0.4, 0.5) is 19.1 Å². The fraction of sp³-hybridized carbons (Fsp3) is 0.562. The SMILES string of the molecule is CCn1cc(-c2cc(C(F)(F)F)nc(N3CCCCC3)n2)c(C)n1. The Morgan fingerprint density at radius 3 is 2.42 bits per heavy atom. The summed E-state index contributed by atoms with van der Waals surface area (Å²) in [5.74, 6) is 0.156. The van der Waals surface area contributed by atoms with Gasteiger partial charge in [0.15, 0.2) is 5.69 Å². The summed E-state index contributed by atoms with van der Waals surface area (Å²) < 4.78 is 41.5. The number of piperidine rings is 1. The van der Waals surface area contributed by atoms with Crippen molar-refractivity contribution >= 4 is 5.95 Å². The van der Waals surface area contributed by atoms with Crippen molar-refractivity contribution in [2.24, 2.45) is 0 Å². The summed E-state index contributed by atoms with van der Waals surface area (Å²) in [5, 5.41) is 4.30. The maximum Gasteiger partial charge on any atom is 0.433 e. The van der Waals surface area contributed by atoms with Crippen LogP contribution in [0.2, 0.25) is 0 Å². The Balaban J connectivity index is 2.08. The highest BCUT2D eigenvalue weighted by molar-refractivity contribution is 5.63. The van der Waals surface area contributed by atoms with Crippen LogP contribution in [0.5, 0.6) is 0 Å². The van der Waals surface area contributed by atoms with E-state index in [2.05, 4.69) is 15.1 Å². The number of halogens is 3. The molecule has 3 heterocycles. The molecule has 3 rings (SSSR count). The molecule has 1 fully saturated rings. The highest BCUT2D eigenvalue weighted by atomic mass is 19.4.